The van der Waals surface area contributed by atoms with Crippen molar-refractivity contribution in [3.63, 3.8) is 0 Å². The van der Waals surface area contributed by atoms with E-state index in [1.165, 1.54) is 5.56 Å². The number of nitrogens with one attached hydrogen (secondary N) is 1. The monoisotopic (exact) mass is 281 g/mol. The van der Waals surface area contributed by atoms with Gasteiger partial charge in [-0.15, -0.1) is 0 Å². The van der Waals surface area contributed by atoms with Crippen LogP contribution in [-0.2, 0) is 16.3 Å². The summed E-state index contributed by atoms with van der Waals surface area (Å²) in [5.41, 5.74) is 1.28. The fraction of sp³-hybridized carbons (Fsp3) is 0.600. The van der Waals surface area contributed by atoms with Crippen molar-refractivity contribution >= 4 is 9.84 Å². The fourth-order valence-corrected chi connectivity index (χ4v) is 4.62. The van der Waals surface area contributed by atoms with Crippen molar-refractivity contribution in [3.05, 3.63) is 35.9 Å². The molecule has 1 aliphatic rings. The smallest absolute Gasteiger partial charge is 0.150 e. The van der Waals surface area contributed by atoms with Crippen molar-refractivity contribution in [3.8, 4) is 0 Å². The Morgan fingerprint density at radius 3 is 2.63 bits per heavy atom. The summed E-state index contributed by atoms with van der Waals surface area (Å²) in [6.07, 6.45) is 2.79. The van der Waals surface area contributed by atoms with Crippen molar-refractivity contribution in [1.82, 2.24) is 5.32 Å². The Labute approximate surface area is 116 Å². The van der Waals surface area contributed by atoms with Gasteiger partial charge in [-0.3, -0.25) is 0 Å². The summed E-state index contributed by atoms with van der Waals surface area (Å²) >= 11 is 0. The molecule has 0 spiro atoms. The van der Waals surface area contributed by atoms with Gasteiger partial charge in [0, 0.05) is 6.04 Å². The van der Waals surface area contributed by atoms with E-state index in [9.17, 15) is 8.42 Å². The van der Waals surface area contributed by atoms with Crippen LogP contribution in [-0.4, -0.2) is 32.5 Å². The van der Waals surface area contributed by atoms with E-state index < -0.39 is 9.84 Å². The molecule has 1 heterocycles. The highest BCUT2D eigenvalue weighted by Gasteiger charge is 2.33. The van der Waals surface area contributed by atoms with Gasteiger partial charge in [0.05, 0.1) is 11.5 Å². The highest BCUT2D eigenvalue weighted by Crippen LogP contribution is 2.24. The summed E-state index contributed by atoms with van der Waals surface area (Å²) in [6, 6.07) is 10.6. The lowest BCUT2D eigenvalue weighted by atomic mass is 9.93. The van der Waals surface area contributed by atoms with Crippen LogP contribution in [0.1, 0.15) is 25.3 Å². The van der Waals surface area contributed by atoms with Gasteiger partial charge >= 0.3 is 0 Å². The maximum absolute atomic E-state index is 11.6. The van der Waals surface area contributed by atoms with Crippen molar-refractivity contribution in [2.45, 2.75) is 32.2 Å². The van der Waals surface area contributed by atoms with Crippen LogP contribution in [0.4, 0.5) is 0 Å². The first-order chi connectivity index (χ1) is 9.11. The molecule has 2 rings (SSSR count). The van der Waals surface area contributed by atoms with Crippen LogP contribution in [0.3, 0.4) is 0 Å². The van der Waals surface area contributed by atoms with Crippen molar-refractivity contribution in [1.29, 1.82) is 0 Å². The Balaban J connectivity index is 2.04. The molecule has 0 radical (unpaired) electrons. The third-order valence-corrected chi connectivity index (χ3v) is 5.59. The van der Waals surface area contributed by atoms with Crippen LogP contribution in [0.15, 0.2) is 30.3 Å². The standard InChI is InChI=1S/C15H23NO2S/c1-2-9-16-15(11-13-6-4-3-5-7-13)14-8-10-19(17,18)12-14/h3-7,14-16H,2,8-12H2,1H3. The quantitative estimate of drug-likeness (QED) is 0.868. The Kier molecular flexibility index (Phi) is 4.99. The first kappa shape index (κ1) is 14.5. The Morgan fingerprint density at radius 1 is 1.32 bits per heavy atom. The average molecular weight is 281 g/mol. The van der Waals surface area contributed by atoms with Crippen LogP contribution in [0.5, 0.6) is 0 Å². The Hall–Kier alpha value is -0.870. The van der Waals surface area contributed by atoms with E-state index in [2.05, 4.69) is 24.4 Å². The molecule has 4 heteroatoms. The molecule has 1 aliphatic heterocycles. The fourth-order valence-electron chi connectivity index (χ4n) is 2.74. The van der Waals surface area contributed by atoms with Crippen molar-refractivity contribution in [2.24, 2.45) is 5.92 Å². The second-order valence-corrected chi connectivity index (χ2v) is 7.64. The van der Waals surface area contributed by atoms with E-state index in [4.69, 9.17) is 0 Å². The maximum Gasteiger partial charge on any atom is 0.150 e. The lowest BCUT2D eigenvalue weighted by Gasteiger charge is -2.24. The number of hydrogen-bond acceptors (Lipinski definition) is 3. The second-order valence-electron chi connectivity index (χ2n) is 5.41. The third kappa shape index (κ3) is 4.32. The minimum atomic E-state index is -2.80. The van der Waals surface area contributed by atoms with E-state index in [1.54, 1.807) is 0 Å². The van der Waals surface area contributed by atoms with Gasteiger partial charge in [-0.2, -0.15) is 0 Å². The molecule has 1 aromatic carbocycles. The van der Waals surface area contributed by atoms with E-state index in [-0.39, 0.29) is 12.0 Å². The van der Waals surface area contributed by atoms with Crippen LogP contribution in [0.25, 0.3) is 0 Å². The lowest BCUT2D eigenvalue weighted by Crippen LogP contribution is -2.39. The molecular formula is C15H23NO2S. The molecule has 19 heavy (non-hydrogen) atoms. The zero-order chi connectivity index (χ0) is 13.7. The minimum Gasteiger partial charge on any atom is -0.313 e. The molecule has 0 amide bonds. The molecular weight excluding hydrogens is 258 g/mol. The van der Waals surface area contributed by atoms with Crippen LogP contribution in [0.2, 0.25) is 0 Å². The van der Waals surface area contributed by atoms with Gasteiger partial charge in [0.2, 0.25) is 0 Å². The van der Waals surface area contributed by atoms with E-state index in [0.29, 0.717) is 11.5 Å². The van der Waals surface area contributed by atoms with Crippen LogP contribution in [0, 0.1) is 5.92 Å². The van der Waals surface area contributed by atoms with Gasteiger partial charge in [0.1, 0.15) is 0 Å². The molecule has 0 bridgehead atoms. The summed E-state index contributed by atoms with van der Waals surface area (Å²) in [5.74, 6) is 0.967. The molecule has 1 fully saturated rings. The predicted octanol–water partition coefficient (Wildman–Crippen LogP) is 2.03. The SMILES string of the molecule is CCCNC(Cc1ccccc1)C1CCS(=O)(=O)C1. The molecule has 106 valence electrons. The summed E-state index contributed by atoms with van der Waals surface area (Å²) in [4.78, 5) is 0. The van der Waals surface area contributed by atoms with E-state index in [0.717, 1.165) is 25.8 Å². The van der Waals surface area contributed by atoms with Crippen LogP contribution < -0.4 is 5.32 Å². The molecule has 0 aromatic heterocycles. The number of sulfone groups is 1. The molecule has 2 unspecified atom stereocenters. The van der Waals surface area contributed by atoms with Gasteiger partial charge < -0.3 is 5.32 Å². The van der Waals surface area contributed by atoms with Crippen molar-refractivity contribution < 1.29 is 8.42 Å². The average Bonchev–Trinajstić information content (AvgIpc) is 2.76. The molecule has 1 aromatic rings. The highest BCUT2D eigenvalue weighted by molar-refractivity contribution is 7.91. The Bertz CT molecular complexity index is 484. The summed E-state index contributed by atoms with van der Waals surface area (Å²) in [7, 11) is -2.80. The maximum atomic E-state index is 11.6. The zero-order valence-electron chi connectivity index (χ0n) is 11.5. The Morgan fingerprint density at radius 2 is 2.05 bits per heavy atom. The number of benzene rings is 1. The number of rotatable bonds is 6. The summed E-state index contributed by atoms with van der Waals surface area (Å²) in [6.45, 7) is 3.09. The number of hydrogen-bond donors (Lipinski definition) is 1. The predicted molar refractivity (Wildman–Crippen MR) is 79.0 cm³/mol. The topological polar surface area (TPSA) is 46.2 Å². The minimum absolute atomic E-state index is 0.261. The summed E-state index contributed by atoms with van der Waals surface area (Å²) in [5, 5.41) is 3.53. The zero-order valence-corrected chi connectivity index (χ0v) is 12.3. The van der Waals surface area contributed by atoms with Gasteiger partial charge in [-0.05, 0) is 37.3 Å². The third-order valence-electron chi connectivity index (χ3n) is 3.79. The van der Waals surface area contributed by atoms with E-state index in [1.807, 2.05) is 18.2 Å². The van der Waals surface area contributed by atoms with E-state index >= 15 is 0 Å². The molecule has 3 nitrogen and oxygen atoms in total. The van der Waals surface area contributed by atoms with Gasteiger partial charge in [0.25, 0.3) is 0 Å². The molecule has 0 saturated carbocycles. The molecule has 1 N–H and O–H groups in total. The normalized spacial score (nSPS) is 23.3. The second kappa shape index (κ2) is 6.53. The molecule has 2 atom stereocenters. The first-order valence-corrected chi connectivity index (χ1v) is 8.90. The largest absolute Gasteiger partial charge is 0.313 e. The first-order valence-electron chi connectivity index (χ1n) is 7.08. The van der Waals surface area contributed by atoms with Crippen LogP contribution >= 0.6 is 0 Å². The van der Waals surface area contributed by atoms with Crippen molar-refractivity contribution in [2.75, 3.05) is 18.1 Å². The summed E-state index contributed by atoms with van der Waals surface area (Å²) < 4.78 is 23.3. The highest BCUT2D eigenvalue weighted by atomic mass is 32.2. The molecule has 0 aliphatic carbocycles. The van der Waals surface area contributed by atoms with Gasteiger partial charge in [-0.1, -0.05) is 37.3 Å². The lowest BCUT2D eigenvalue weighted by molar-refractivity contribution is 0.379. The van der Waals surface area contributed by atoms with Gasteiger partial charge in [-0.25, -0.2) is 8.42 Å². The molecule has 1 saturated heterocycles. The van der Waals surface area contributed by atoms with Gasteiger partial charge in [0.15, 0.2) is 9.84 Å².